The van der Waals surface area contributed by atoms with E-state index < -0.39 is 0 Å². The van der Waals surface area contributed by atoms with Crippen molar-refractivity contribution in [2.75, 3.05) is 37.6 Å². The average molecular weight is 441 g/mol. The van der Waals surface area contributed by atoms with Crippen LogP contribution in [-0.2, 0) is 0 Å². The standard InChI is InChI=1S/C27H44N4O/c1-2-3-4-10-22-11-9-16-30(20-22)21-24-12-5-6-13-25(24)29-27(32)23-14-15-26(28-19-23)31-17-7-8-18-31/h14-15,19,22,24-25H,2-13,16-18,20-21H2,1H3,(H,29,32)/t22?,24-,25+/m0/s1. The lowest BCUT2D eigenvalue weighted by molar-refractivity contribution is 0.0852. The Hall–Kier alpha value is -1.62. The summed E-state index contributed by atoms with van der Waals surface area (Å²) in [5, 5.41) is 3.40. The van der Waals surface area contributed by atoms with Gasteiger partial charge in [-0.15, -0.1) is 0 Å². The van der Waals surface area contributed by atoms with E-state index in [4.69, 9.17) is 0 Å². The summed E-state index contributed by atoms with van der Waals surface area (Å²) < 4.78 is 0. The van der Waals surface area contributed by atoms with Gasteiger partial charge < -0.3 is 15.1 Å². The Bertz CT molecular complexity index is 700. The Morgan fingerprint density at radius 2 is 1.88 bits per heavy atom. The molecule has 1 unspecified atom stereocenters. The number of carbonyl (C=O) groups is 1. The molecule has 0 bridgehead atoms. The number of pyridine rings is 1. The van der Waals surface area contributed by atoms with Crippen molar-refractivity contribution in [3.63, 3.8) is 0 Å². The number of hydrogen-bond donors (Lipinski definition) is 1. The van der Waals surface area contributed by atoms with E-state index >= 15 is 0 Å². The van der Waals surface area contributed by atoms with Crippen LogP contribution in [0.5, 0.6) is 0 Å². The van der Waals surface area contributed by atoms with Crippen molar-refractivity contribution in [3.8, 4) is 0 Å². The van der Waals surface area contributed by atoms with Crippen LogP contribution in [0.25, 0.3) is 0 Å². The van der Waals surface area contributed by atoms with E-state index in [-0.39, 0.29) is 5.91 Å². The highest BCUT2D eigenvalue weighted by Crippen LogP contribution is 2.29. The van der Waals surface area contributed by atoms with Crippen molar-refractivity contribution in [2.24, 2.45) is 11.8 Å². The van der Waals surface area contributed by atoms with Crippen LogP contribution < -0.4 is 10.2 Å². The summed E-state index contributed by atoms with van der Waals surface area (Å²) in [7, 11) is 0. The van der Waals surface area contributed by atoms with Crippen LogP contribution in [0.3, 0.4) is 0 Å². The van der Waals surface area contributed by atoms with Crippen molar-refractivity contribution in [2.45, 2.75) is 90.0 Å². The maximum atomic E-state index is 13.0. The fourth-order valence-electron chi connectivity index (χ4n) is 6.09. The van der Waals surface area contributed by atoms with Crippen molar-refractivity contribution in [1.29, 1.82) is 0 Å². The summed E-state index contributed by atoms with van der Waals surface area (Å²) >= 11 is 0. The van der Waals surface area contributed by atoms with Gasteiger partial charge in [0.15, 0.2) is 0 Å². The Labute approximate surface area is 195 Å². The number of unbranched alkanes of at least 4 members (excludes halogenated alkanes) is 2. The number of amides is 1. The summed E-state index contributed by atoms with van der Waals surface area (Å²) in [5.74, 6) is 2.53. The minimum atomic E-state index is 0.0541. The molecule has 1 aromatic rings. The fraction of sp³-hybridized carbons (Fsp3) is 0.778. The minimum Gasteiger partial charge on any atom is -0.357 e. The first-order valence-electron chi connectivity index (χ1n) is 13.5. The number of rotatable bonds is 9. The van der Waals surface area contributed by atoms with Crippen LogP contribution in [0.15, 0.2) is 18.3 Å². The molecule has 3 heterocycles. The molecule has 32 heavy (non-hydrogen) atoms. The second-order valence-electron chi connectivity index (χ2n) is 10.5. The van der Waals surface area contributed by atoms with Crippen molar-refractivity contribution in [1.82, 2.24) is 15.2 Å². The van der Waals surface area contributed by atoms with Gasteiger partial charge in [-0.05, 0) is 75.5 Å². The quantitative estimate of drug-likeness (QED) is 0.532. The predicted octanol–water partition coefficient (Wildman–Crippen LogP) is 5.26. The first-order valence-corrected chi connectivity index (χ1v) is 13.5. The third-order valence-corrected chi connectivity index (χ3v) is 7.98. The van der Waals surface area contributed by atoms with Crippen LogP contribution >= 0.6 is 0 Å². The van der Waals surface area contributed by atoms with E-state index in [2.05, 4.69) is 27.0 Å². The summed E-state index contributed by atoms with van der Waals surface area (Å²) in [4.78, 5) is 22.6. The molecule has 3 aliphatic rings. The molecule has 1 aliphatic carbocycles. The van der Waals surface area contributed by atoms with Gasteiger partial charge in [0, 0.05) is 38.4 Å². The topological polar surface area (TPSA) is 48.5 Å². The number of piperidine rings is 1. The van der Waals surface area contributed by atoms with Crippen LogP contribution in [0.1, 0.15) is 94.3 Å². The van der Waals surface area contributed by atoms with Gasteiger partial charge in [0.05, 0.1) is 5.56 Å². The Balaban J connectivity index is 1.29. The van der Waals surface area contributed by atoms with E-state index in [0.717, 1.165) is 37.8 Å². The van der Waals surface area contributed by atoms with Gasteiger partial charge in [-0.1, -0.05) is 39.0 Å². The molecule has 1 amide bonds. The summed E-state index contributed by atoms with van der Waals surface area (Å²) in [6, 6.07) is 4.28. The number of carbonyl (C=O) groups excluding carboxylic acids is 1. The van der Waals surface area contributed by atoms with Gasteiger partial charge in [-0.25, -0.2) is 4.98 Å². The highest BCUT2D eigenvalue weighted by Gasteiger charge is 2.30. The Morgan fingerprint density at radius 3 is 2.66 bits per heavy atom. The van der Waals surface area contributed by atoms with E-state index in [1.807, 2.05) is 12.1 Å². The molecule has 3 atom stereocenters. The molecule has 1 saturated carbocycles. The molecule has 1 N–H and O–H groups in total. The SMILES string of the molecule is CCCCCC1CCCN(C[C@@H]2CCCC[C@H]2NC(=O)c2ccc(N3CCCC3)nc2)C1. The van der Waals surface area contributed by atoms with Crippen molar-refractivity contribution in [3.05, 3.63) is 23.9 Å². The lowest BCUT2D eigenvalue weighted by Crippen LogP contribution is -2.48. The molecule has 2 aliphatic heterocycles. The molecule has 4 rings (SSSR count). The zero-order valence-electron chi connectivity index (χ0n) is 20.2. The lowest BCUT2D eigenvalue weighted by Gasteiger charge is -2.39. The molecule has 5 heteroatoms. The molecule has 0 aromatic carbocycles. The van der Waals surface area contributed by atoms with Crippen LogP contribution in [-0.4, -0.2) is 54.6 Å². The maximum absolute atomic E-state index is 13.0. The second kappa shape index (κ2) is 12.0. The van der Waals surface area contributed by atoms with E-state index in [9.17, 15) is 4.79 Å². The van der Waals surface area contributed by atoms with Crippen LogP contribution in [0, 0.1) is 11.8 Å². The van der Waals surface area contributed by atoms with Gasteiger partial charge in [0.1, 0.15) is 5.82 Å². The lowest BCUT2D eigenvalue weighted by atomic mass is 9.83. The zero-order chi connectivity index (χ0) is 22.2. The molecule has 0 radical (unpaired) electrons. The van der Waals surface area contributed by atoms with E-state index in [1.54, 1.807) is 6.20 Å². The second-order valence-corrected chi connectivity index (χ2v) is 10.5. The van der Waals surface area contributed by atoms with Crippen molar-refractivity contribution < 1.29 is 4.79 Å². The Kier molecular flexibility index (Phi) is 8.84. The first-order chi connectivity index (χ1) is 15.7. The largest absolute Gasteiger partial charge is 0.357 e. The number of likely N-dealkylation sites (tertiary alicyclic amines) is 1. The van der Waals surface area contributed by atoms with Crippen molar-refractivity contribution >= 4 is 11.7 Å². The van der Waals surface area contributed by atoms with Gasteiger partial charge >= 0.3 is 0 Å². The molecule has 1 aromatic heterocycles. The normalized spacial score (nSPS) is 26.9. The average Bonchev–Trinajstić information content (AvgIpc) is 3.36. The number of nitrogens with one attached hydrogen (secondary N) is 1. The highest BCUT2D eigenvalue weighted by molar-refractivity contribution is 5.94. The third-order valence-electron chi connectivity index (χ3n) is 7.98. The third kappa shape index (κ3) is 6.46. The molecule has 0 spiro atoms. The van der Waals surface area contributed by atoms with Crippen LogP contribution in [0.2, 0.25) is 0 Å². The maximum Gasteiger partial charge on any atom is 0.253 e. The molecular weight excluding hydrogens is 396 g/mol. The van der Waals surface area contributed by atoms with Gasteiger partial charge in [-0.3, -0.25) is 4.79 Å². The first kappa shape index (κ1) is 23.5. The predicted molar refractivity (Wildman–Crippen MR) is 132 cm³/mol. The highest BCUT2D eigenvalue weighted by atomic mass is 16.1. The summed E-state index contributed by atoms with van der Waals surface area (Å²) in [5.41, 5.74) is 0.700. The molecular formula is C27H44N4O. The number of aromatic nitrogens is 1. The van der Waals surface area contributed by atoms with E-state index in [0.29, 0.717) is 17.5 Å². The molecule has 2 saturated heterocycles. The monoisotopic (exact) mass is 440 g/mol. The minimum absolute atomic E-state index is 0.0541. The molecule has 3 fully saturated rings. The van der Waals surface area contributed by atoms with E-state index in [1.165, 1.54) is 83.7 Å². The number of nitrogens with zero attached hydrogens (tertiary/aromatic N) is 3. The fourth-order valence-corrected chi connectivity index (χ4v) is 6.09. The van der Waals surface area contributed by atoms with Gasteiger partial charge in [0.25, 0.3) is 5.91 Å². The van der Waals surface area contributed by atoms with Crippen LogP contribution in [0.4, 0.5) is 5.82 Å². The smallest absolute Gasteiger partial charge is 0.253 e. The zero-order valence-corrected chi connectivity index (χ0v) is 20.2. The van der Waals surface area contributed by atoms with Gasteiger partial charge in [-0.2, -0.15) is 0 Å². The molecule has 5 nitrogen and oxygen atoms in total. The molecule has 178 valence electrons. The number of anilines is 1. The summed E-state index contributed by atoms with van der Waals surface area (Å²) in [6.45, 7) is 8.12. The summed E-state index contributed by atoms with van der Waals surface area (Å²) in [6.07, 6.45) is 17.4. The van der Waals surface area contributed by atoms with Gasteiger partial charge in [0.2, 0.25) is 0 Å². The number of hydrogen-bond acceptors (Lipinski definition) is 4. The Morgan fingerprint density at radius 1 is 1.03 bits per heavy atom.